The Labute approximate surface area is 192 Å². The third-order valence-corrected chi connectivity index (χ3v) is 10.1. The number of amides is 1. The van der Waals surface area contributed by atoms with Gasteiger partial charge in [-0.1, -0.05) is 69.2 Å². The van der Waals surface area contributed by atoms with Crippen LogP contribution in [-0.2, 0) is 4.79 Å². The molecule has 1 aromatic rings. The van der Waals surface area contributed by atoms with Crippen molar-refractivity contribution in [2.24, 2.45) is 28.1 Å². The maximum absolute atomic E-state index is 12.9. The minimum atomic E-state index is -0.188. The Morgan fingerprint density at radius 3 is 2.41 bits per heavy atom. The lowest BCUT2D eigenvalue weighted by Crippen LogP contribution is -2.50. The minimum Gasteiger partial charge on any atom is -0.348 e. The van der Waals surface area contributed by atoms with Crippen LogP contribution in [0.5, 0.6) is 0 Å². The van der Waals surface area contributed by atoms with Crippen molar-refractivity contribution in [3.05, 3.63) is 59.2 Å². The first-order chi connectivity index (χ1) is 15.2. The van der Waals surface area contributed by atoms with Crippen LogP contribution in [0.2, 0.25) is 0 Å². The van der Waals surface area contributed by atoms with E-state index in [4.69, 9.17) is 0 Å². The molecule has 2 fully saturated rings. The molecular formula is C29H37NO2. The van der Waals surface area contributed by atoms with Crippen LogP contribution in [0.15, 0.2) is 53.6 Å². The van der Waals surface area contributed by atoms with Gasteiger partial charge in [0, 0.05) is 23.4 Å². The SMILES string of the molecule is CC1(C)[C@@H](NC(=O)c2ccccc2)CC=C2CC3=CC[C@]4(C)C(=O)CC[C@@]4(C)[C@@H]3CC[C@H]21. The van der Waals surface area contributed by atoms with E-state index in [1.165, 1.54) is 0 Å². The van der Waals surface area contributed by atoms with E-state index in [2.05, 4.69) is 45.2 Å². The molecule has 0 aromatic heterocycles. The summed E-state index contributed by atoms with van der Waals surface area (Å²) in [4.78, 5) is 25.7. The number of carbonyl (C=O) groups is 2. The van der Waals surface area contributed by atoms with Crippen LogP contribution >= 0.6 is 0 Å². The maximum atomic E-state index is 12.9. The molecule has 5 rings (SSSR count). The van der Waals surface area contributed by atoms with Crippen molar-refractivity contribution in [1.82, 2.24) is 5.32 Å². The van der Waals surface area contributed by atoms with Gasteiger partial charge in [-0.15, -0.1) is 0 Å². The molecule has 4 aliphatic carbocycles. The van der Waals surface area contributed by atoms with Gasteiger partial charge in [-0.05, 0) is 73.3 Å². The Hall–Kier alpha value is -2.16. The van der Waals surface area contributed by atoms with Gasteiger partial charge in [0.1, 0.15) is 5.78 Å². The molecule has 4 aliphatic rings. The van der Waals surface area contributed by atoms with E-state index in [0.717, 1.165) is 50.5 Å². The number of carbonyl (C=O) groups excluding carboxylic acids is 2. The van der Waals surface area contributed by atoms with Gasteiger partial charge in [0.05, 0.1) is 0 Å². The fourth-order valence-corrected chi connectivity index (χ4v) is 7.57. The van der Waals surface area contributed by atoms with E-state index in [1.54, 1.807) is 11.1 Å². The summed E-state index contributed by atoms with van der Waals surface area (Å²) >= 11 is 0. The minimum absolute atomic E-state index is 0.00171. The molecule has 170 valence electrons. The molecular weight excluding hydrogens is 394 g/mol. The monoisotopic (exact) mass is 431 g/mol. The average Bonchev–Trinajstić information content (AvgIpc) is 2.92. The van der Waals surface area contributed by atoms with Gasteiger partial charge in [-0.25, -0.2) is 0 Å². The second-order valence-corrected chi connectivity index (χ2v) is 11.7. The van der Waals surface area contributed by atoms with Crippen molar-refractivity contribution < 1.29 is 9.59 Å². The van der Waals surface area contributed by atoms with E-state index < -0.39 is 0 Å². The molecule has 0 bridgehead atoms. The molecule has 1 N–H and O–H groups in total. The van der Waals surface area contributed by atoms with Crippen LogP contribution in [0, 0.1) is 28.1 Å². The zero-order valence-electron chi connectivity index (χ0n) is 20.0. The number of hydrogen-bond acceptors (Lipinski definition) is 2. The van der Waals surface area contributed by atoms with Crippen molar-refractivity contribution in [2.45, 2.75) is 78.7 Å². The summed E-state index contributed by atoms with van der Waals surface area (Å²) in [6, 6.07) is 9.68. The number of Topliss-reactive ketones (excluding diaryl/α,β-unsaturated/α-hetero) is 1. The Bertz CT molecular complexity index is 1000. The molecule has 3 heteroatoms. The normalized spacial score (nSPS) is 37.9. The lowest BCUT2D eigenvalue weighted by molar-refractivity contribution is -0.130. The third kappa shape index (κ3) is 3.07. The van der Waals surface area contributed by atoms with Crippen LogP contribution in [0.1, 0.15) is 83.0 Å². The molecule has 32 heavy (non-hydrogen) atoms. The highest BCUT2D eigenvalue weighted by atomic mass is 16.1. The quantitative estimate of drug-likeness (QED) is 0.562. The summed E-state index contributed by atoms with van der Waals surface area (Å²) in [5, 5.41) is 3.36. The molecule has 0 heterocycles. The highest BCUT2D eigenvalue weighted by Crippen LogP contribution is 2.64. The second kappa shape index (κ2) is 7.43. The summed E-state index contributed by atoms with van der Waals surface area (Å²) in [5.41, 5.74) is 3.77. The number of benzene rings is 1. The van der Waals surface area contributed by atoms with Crippen molar-refractivity contribution >= 4 is 11.7 Å². The number of hydrogen-bond donors (Lipinski definition) is 1. The third-order valence-electron chi connectivity index (χ3n) is 10.1. The zero-order chi connectivity index (χ0) is 22.7. The smallest absolute Gasteiger partial charge is 0.251 e. The first-order valence-electron chi connectivity index (χ1n) is 12.4. The number of ketones is 1. The summed E-state index contributed by atoms with van der Waals surface area (Å²) in [7, 11) is 0. The highest BCUT2D eigenvalue weighted by Gasteiger charge is 2.60. The molecule has 0 spiro atoms. The summed E-state index contributed by atoms with van der Waals surface area (Å²) < 4.78 is 0. The molecule has 0 saturated heterocycles. The Morgan fingerprint density at radius 2 is 1.66 bits per heavy atom. The summed E-state index contributed by atoms with van der Waals surface area (Å²) in [5.74, 6) is 1.47. The predicted molar refractivity (Wildman–Crippen MR) is 128 cm³/mol. The van der Waals surface area contributed by atoms with E-state index in [0.29, 0.717) is 17.6 Å². The molecule has 0 unspecified atom stereocenters. The lowest BCUT2D eigenvalue weighted by Gasteiger charge is -2.49. The summed E-state index contributed by atoms with van der Waals surface area (Å²) in [6.07, 6.45) is 11.8. The fourth-order valence-electron chi connectivity index (χ4n) is 7.57. The Kier molecular flexibility index (Phi) is 5.03. The van der Waals surface area contributed by atoms with E-state index >= 15 is 0 Å². The van der Waals surface area contributed by atoms with Gasteiger partial charge in [0.25, 0.3) is 5.91 Å². The van der Waals surface area contributed by atoms with E-state index in [9.17, 15) is 9.59 Å². The summed E-state index contributed by atoms with van der Waals surface area (Å²) in [6.45, 7) is 9.31. The van der Waals surface area contributed by atoms with Crippen LogP contribution in [0.4, 0.5) is 0 Å². The van der Waals surface area contributed by atoms with Crippen molar-refractivity contribution in [1.29, 1.82) is 0 Å². The molecule has 1 amide bonds. The van der Waals surface area contributed by atoms with Crippen LogP contribution in [0.3, 0.4) is 0 Å². The second-order valence-electron chi connectivity index (χ2n) is 11.7. The van der Waals surface area contributed by atoms with Crippen LogP contribution in [-0.4, -0.2) is 17.7 Å². The van der Waals surface area contributed by atoms with Crippen molar-refractivity contribution in [3.63, 3.8) is 0 Å². The van der Waals surface area contributed by atoms with Gasteiger partial charge in [0.15, 0.2) is 0 Å². The largest absolute Gasteiger partial charge is 0.348 e. The molecule has 5 atom stereocenters. The number of nitrogens with one attached hydrogen (secondary N) is 1. The topological polar surface area (TPSA) is 46.2 Å². The van der Waals surface area contributed by atoms with Gasteiger partial charge in [-0.2, -0.15) is 0 Å². The molecule has 0 radical (unpaired) electrons. The number of rotatable bonds is 2. The predicted octanol–water partition coefficient (Wildman–Crippen LogP) is 6.26. The Morgan fingerprint density at radius 1 is 0.969 bits per heavy atom. The van der Waals surface area contributed by atoms with E-state index in [1.807, 2.05) is 30.3 Å². The number of fused-ring (bicyclic) bond motifs is 4. The van der Waals surface area contributed by atoms with Crippen LogP contribution < -0.4 is 5.32 Å². The first-order valence-corrected chi connectivity index (χ1v) is 12.4. The Balaban J connectivity index is 1.40. The van der Waals surface area contributed by atoms with Gasteiger partial charge >= 0.3 is 0 Å². The molecule has 0 aliphatic heterocycles. The standard InChI is InChI=1S/C29H37NO2/c1-27(2)22-11-12-23-21(14-16-29(4)25(31)15-17-28(23,29)3)18-20(22)10-13-24(27)30-26(32)19-8-6-5-7-9-19/h5-10,14,22-24H,11-13,15-18H2,1-4H3,(H,30,32)/t22-,23-,24+,28+,29-/m1/s1. The number of allylic oxidation sites excluding steroid dienone is 3. The van der Waals surface area contributed by atoms with E-state index in [-0.39, 0.29) is 28.2 Å². The lowest BCUT2D eigenvalue weighted by atomic mass is 9.54. The highest BCUT2D eigenvalue weighted by molar-refractivity contribution is 5.94. The molecule has 1 aromatic carbocycles. The van der Waals surface area contributed by atoms with Gasteiger partial charge < -0.3 is 5.32 Å². The first kappa shape index (κ1) is 21.7. The van der Waals surface area contributed by atoms with Crippen LogP contribution in [0.25, 0.3) is 0 Å². The fraction of sp³-hybridized carbons (Fsp3) is 0.586. The zero-order valence-corrected chi connectivity index (χ0v) is 20.0. The van der Waals surface area contributed by atoms with Gasteiger partial charge in [0.2, 0.25) is 0 Å². The van der Waals surface area contributed by atoms with Crippen molar-refractivity contribution in [2.75, 3.05) is 0 Å². The molecule has 3 nitrogen and oxygen atoms in total. The van der Waals surface area contributed by atoms with Crippen molar-refractivity contribution in [3.8, 4) is 0 Å². The average molecular weight is 432 g/mol. The van der Waals surface area contributed by atoms with Gasteiger partial charge in [-0.3, -0.25) is 9.59 Å². The maximum Gasteiger partial charge on any atom is 0.251 e. The molecule has 2 saturated carbocycles.